The molecule has 2 aromatic rings. The van der Waals surface area contributed by atoms with Crippen LogP contribution in [0.3, 0.4) is 0 Å². The van der Waals surface area contributed by atoms with Crippen molar-refractivity contribution in [3.05, 3.63) is 41.4 Å². The van der Waals surface area contributed by atoms with Crippen molar-refractivity contribution in [2.45, 2.75) is 0 Å². The van der Waals surface area contributed by atoms with Gasteiger partial charge in [0, 0.05) is 5.69 Å². The number of aromatic carboxylic acids is 1. The van der Waals surface area contributed by atoms with Gasteiger partial charge in [0.2, 0.25) is 11.2 Å². The van der Waals surface area contributed by atoms with E-state index in [1.54, 1.807) is 12.1 Å². The van der Waals surface area contributed by atoms with Gasteiger partial charge in [0.25, 0.3) is 0 Å². The van der Waals surface area contributed by atoms with E-state index >= 15 is 0 Å². The molecule has 0 spiro atoms. The van der Waals surface area contributed by atoms with Crippen LogP contribution in [-0.2, 0) is 0 Å². The fourth-order valence-corrected chi connectivity index (χ4v) is 1.29. The van der Waals surface area contributed by atoms with Gasteiger partial charge < -0.3 is 10.4 Å². The Kier molecular flexibility index (Phi) is 3.15. The summed E-state index contributed by atoms with van der Waals surface area (Å²) in [6, 6.07) is 6.18. The number of anilines is 2. The number of nitrogens with zero attached hydrogens (tertiary/aromatic N) is 3. The van der Waals surface area contributed by atoms with Gasteiger partial charge in [0.05, 0.1) is 5.56 Å². The molecule has 2 rings (SSSR count). The normalized spacial score (nSPS) is 9.94. The summed E-state index contributed by atoms with van der Waals surface area (Å²) in [5.41, 5.74) is 0.876. The number of hydrogen-bond acceptors (Lipinski definition) is 5. The third-order valence-electron chi connectivity index (χ3n) is 1.93. The molecule has 6 nitrogen and oxygen atoms in total. The predicted molar refractivity (Wildman–Crippen MR) is 61.5 cm³/mol. The molecule has 17 heavy (non-hydrogen) atoms. The van der Waals surface area contributed by atoms with Crippen molar-refractivity contribution in [3.8, 4) is 0 Å². The van der Waals surface area contributed by atoms with Crippen LogP contribution in [0.15, 0.2) is 30.6 Å². The van der Waals surface area contributed by atoms with Gasteiger partial charge in [0.1, 0.15) is 6.33 Å². The first kappa shape index (κ1) is 11.3. The molecule has 0 saturated heterocycles. The van der Waals surface area contributed by atoms with Gasteiger partial charge >= 0.3 is 5.97 Å². The van der Waals surface area contributed by atoms with Crippen molar-refractivity contribution in [2.75, 3.05) is 5.32 Å². The zero-order valence-electron chi connectivity index (χ0n) is 8.46. The fraction of sp³-hybridized carbons (Fsp3) is 0. The van der Waals surface area contributed by atoms with E-state index in [0.29, 0.717) is 11.6 Å². The van der Waals surface area contributed by atoms with Crippen LogP contribution in [0.1, 0.15) is 10.4 Å². The second-order valence-electron chi connectivity index (χ2n) is 3.09. The average Bonchev–Trinajstić information content (AvgIpc) is 2.29. The first-order valence-electron chi connectivity index (χ1n) is 4.60. The standard InChI is InChI=1S/C10H7ClN4O2/c11-9-12-5-13-10(15-9)14-7-3-1-6(2-4-7)8(16)17/h1-5H,(H,16,17)(H,12,13,14,15). The molecule has 0 saturated carbocycles. The maximum absolute atomic E-state index is 10.6. The highest BCUT2D eigenvalue weighted by Crippen LogP contribution is 2.14. The summed E-state index contributed by atoms with van der Waals surface area (Å²) in [6.45, 7) is 0. The molecule has 0 radical (unpaired) electrons. The van der Waals surface area contributed by atoms with Crippen molar-refractivity contribution in [2.24, 2.45) is 0 Å². The largest absolute Gasteiger partial charge is 0.478 e. The Bertz CT molecular complexity index is 544. The molecule has 1 aromatic carbocycles. The van der Waals surface area contributed by atoms with E-state index in [2.05, 4.69) is 20.3 Å². The third kappa shape index (κ3) is 2.88. The first-order valence-corrected chi connectivity index (χ1v) is 4.98. The predicted octanol–water partition coefficient (Wildman–Crippen LogP) is 1.97. The Hall–Kier alpha value is -2.21. The summed E-state index contributed by atoms with van der Waals surface area (Å²) in [7, 11) is 0. The van der Waals surface area contributed by atoms with Crippen LogP contribution >= 0.6 is 11.6 Å². The van der Waals surface area contributed by atoms with Gasteiger partial charge in [-0.2, -0.15) is 4.98 Å². The number of hydrogen-bond donors (Lipinski definition) is 2. The van der Waals surface area contributed by atoms with E-state index in [1.807, 2.05) is 0 Å². The number of carboxylic acid groups (broad SMARTS) is 1. The van der Waals surface area contributed by atoms with E-state index < -0.39 is 5.97 Å². The molecule has 0 atom stereocenters. The van der Waals surface area contributed by atoms with Crippen LogP contribution in [0.25, 0.3) is 0 Å². The average molecular weight is 251 g/mol. The summed E-state index contributed by atoms with van der Waals surface area (Å²) < 4.78 is 0. The maximum atomic E-state index is 10.6. The van der Waals surface area contributed by atoms with Crippen LogP contribution in [0.5, 0.6) is 0 Å². The highest BCUT2D eigenvalue weighted by atomic mass is 35.5. The maximum Gasteiger partial charge on any atom is 0.335 e. The number of nitrogens with one attached hydrogen (secondary N) is 1. The van der Waals surface area contributed by atoms with Crippen LogP contribution in [-0.4, -0.2) is 26.0 Å². The topological polar surface area (TPSA) is 88.0 Å². The lowest BCUT2D eigenvalue weighted by atomic mass is 10.2. The molecule has 0 amide bonds. The number of benzene rings is 1. The number of rotatable bonds is 3. The van der Waals surface area contributed by atoms with Gasteiger partial charge in [-0.05, 0) is 35.9 Å². The molecule has 2 N–H and O–H groups in total. The second kappa shape index (κ2) is 4.75. The van der Waals surface area contributed by atoms with Gasteiger partial charge in [-0.25, -0.2) is 14.8 Å². The monoisotopic (exact) mass is 250 g/mol. The van der Waals surface area contributed by atoms with Crippen LogP contribution in [0.4, 0.5) is 11.6 Å². The quantitative estimate of drug-likeness (QED) is 0.866. The summed E-state index contributed by atoms with van der Waals surface area (Å²) >= 11 is 5.60. The molecule has 0 aliphatic heterocycles. The molecular formula is C10H7ClN4O2. The molecule has 0 bridgehead atoms. The third-order valence-corrected chi connectivity index (χ3v) is 2.11. The Balaban J connectivity index is 2.16. The van der Waals surface area contributed by atoms with Crippen molar-refractivity contribution in [3.63, 3.8) is 0 Å². The molecule has 0 unspecified atom stereocenters. The van der Waals surface area contributed by atoms with Gasteiger partial charge in [-0.3, -0.25) is 0 Å². The van der Waals surface area contributed by atoms with Crippen molar-refractivity contribution in [1.82, 2.24) is 15.0 Å². The first-order chi connectivity index (χ1) is 8.15. The molecule has 0 fully saturated rings. The molecule has 86 valence electrons. The van der Waals surface area contributed by atoms with Crippen molar-refractivity contribution < 1.29 is 9.90 Å². The lowest BCUT2D eigenvalue weighted by Gasteiger charge is -2.04. The molecular weight excluding hydrogens is 244 g/mol. The molecule has 0 aliphatic carbocycles. The molecule has 7 heteroatoms. The fourth-order valence-electron chi connectivity index (χ4n) is 1.16. The minimum Gasteiger partial charge on any atom is -0.478 e. The minimum absolute atomic E-state index is 0.0876. The van der Waals surface area contributed by atoms with Gasteiger partial charge in [-0.15, -0.1) is 0 Å². The highest BCUT2D eigenvalue weighted by molar-refractivity contribution is 6.28. The zero-order valence-corrected chi connectivity index (χ0v) is 9.22. The lowest BCUT2D eigenvalue weighted by Crippen LogP contribution is -1.99. The van der Waals surface area contributed by atoms with E-state index in [-0.39, 0.29) is 10.8 Å². The van der Waals surface area contributed by atoms with Gasteiger partial charge in [0.15, 0.2) is 0 Å². The Morgan fingerprint density at radius 2 is 1.94 bits per heavy atom. The number of carbonyl (C=O) groups is 1. The van der Waals surface area contributed by atoms with Crippen LogP contribution in [0.2, 0.25) is 5.28 Å². The smallest absolute Gasteiger partial charge is 0.335 e. The Morgan fingerprint density at radius 3 is 2.53 bits per heavy atom. The van der Waals surface area contributed by atoms with E-state index in [0.717, 1.165) is 0 Å². The summed E-state index contributed by atoms with van der Waals surface area (Å²) in [5.74, 6) is -0.673. The zero-order chi connectivity index (χ0) is 12.3. The Labute approximate surface area is 101 Å². The van der Waals surface area contributed by atoms with Crippen LogP contribution < -0.4 is 5.32 Å². The number of aromatic nitrogens is 3. The highest BCUT2D eigenvalue weighted by Gasteiger charge is 2.03. The van der Waals surface area contributed by atoms with Gasteiger partial charge in [-0.1, -0.05) is 0 Å². The van der Waals surface area contributed by atoms with E-state index in [4.69, 9.17) is 16.7 Å². The number of carboxylic acids is 1. The summed E-state index contributed by atoms with van der Waals surface area (Å²) in [6.07, 6.45) is 1.28. The SMILES string of the molecule is O=C(O)c1ccc(Nc2ncnc(Cl)n2)cc1. The minimum atomic E-state index is -0.972. The lowest BCUT2D eigenvalue weighted by molar-refractivity contribution is 0.0697. The Morgan fingerprint density at radius 1 is 1.24 bits per heavy atom. The van der Waals surface area contributed by atoms with Crippen molar-refractivity contribution >= 4 is 29.2 Å². The molecule has 1 heterocycles. The van der Waals surface area contributed by atoms with Crippen molar-refractivity contribution in [1.29, 1.82) is 0 Å². The summed E-state index contributed by atoms with van der Waals surface area (Å²) in [4.78, 5) is 22.0. The van der Waals surface area contributed by atoms with E-state index in [9.17, 15) is 4.79 Å². The number of halogens is 1. The molecule has 1 aromatic heterocycles. The van der Waals surface area contributed by atoms with E-state index in [1.165, 1.54) is 18.5 Å². The second-order valence-corrected chi connectivity index (χ2v) is 3.42. The van der Waals surface area contributed by atoms with Crippen LogP contribution in [0, 0.1) is 0 Å². The summed E-state index contributed by atoms with van der Waals surface area (Å²) in [5, 5.41) is 11.7. The molecule has 0 aliphatic rings.